The lowest BCUT2D eigenvalue weighted by Crippen LogP contribution is -2.54. The molecule has 2 aliphatic heterocycles. The van der Waals surface area contributed by atoms with Crippen molar-refractivity contribution < 1.29 is 19.2 Å². The first-order chi connectivity index (χ1) is 13.5. The lowest BCUT2D eigenvalue weighted by atomic mass is 9.86. The molecule has 4 amide bonds. The SMILES string of the molecule is NCC1CCC(Nc2ccc3c(c2)C(=O)N(C2CCC(=O)NC2=O)C3=O)CC1. The van der Waals surface area contributed by atoms with Crippen molar-refractivity contribution in [3.63, 3.8) is 0 Å². The summed E-state index contributed by atoms with van der Waals surface area (Å²) in [5.74, 6) is -1.36. The predicted molar refractivity (Wildman–Crippen MR) is 102 cm³/mol. The molecule has 4 rings (SSSR count). The summed E-state index contributed by atoms with van der Waals surface area (Å²) in [4.78, 5) is 50.0. The maximum atomic E-state index is 12.9. The van der Waals surface area contributed by atoms with E-state index >= 15 is 0 Å². The van der Waals surface area contributed by atoms with E-state index in [9.17, 15) is 19.2 Å². The number of anilines is 1. The van der Waals surface area contributed by atoms with Crippen LogP contribution in [0.25, 0.3) is 0 Å². The predicted octanol–water partition coefficient (Wildman–Crippen LogP) is 1.02. The van der Waals surface area contributed by atoms with Gasteiger partial charge in [0.15, 0.2) is 0 Å². The van der Waals surface area contributed by atoms with E-state index in [-0.39, 0.29) is 18.7 Å². The highest BCUT2D eigenvalue weighted by atomic mass is 16.2. The number of nitrogens with two attached hydrogens (primary N) is 1. The molecule has 0 spiro atoms. The molecule has 8 nitrogen and oxygen atoms in total. The van der Waals surface area contributed by atoms with Gasteiger partial charge in [0.1, 0.15) is 6.04 Å². The van der Waals surface area contributed by atoms with Gasteiger partial charge in [-0.15, -0.1) is 0 Å². The van der Waals surface area contributed by atoms with Gasteiger partial charge in [0.05, 0.1) is 11.1 Å². The maximum absolute atomic E-state index is 12.9. The summed E-state index contributed by atoms with van der Waals surface area (Å²) < 4.78 is 0. The van der Waals surface area contributed by atoms with Crippen LogP contribution in [0.3, 0.4) is 0 Å². The summed E-state index contributed by atoms with van der Waals surface area (Å²) in [6, 6.07) is 4.51. The summed E-state index contributed by atoms with van der Waals surface area (Å²) in [5, 5.41) is 5.66. The molecule has 4 N–H and O–H groups in total. The molecule has 8 heteroatoms. The van der Waals surface area contributed by atoms with E-state index in [2.05, 4.69) is 10.6 Å². The van der Waals surface area contributed by atoms with Crippen molar-refractivity contribution in [2.45, 2.75) is 50.6 Å². The normalized spacial score (nSPS) is 27.6. The van der Waals surface area contributed by atoms with Crippen LogP contribution in [0.5, 0.6) is 0 Å². The molecule has 1 unspecified atom stereocenters. The van der Waals surface area contributed by atoms with Gasteiger partial charge in [-0.05, 0) is 62.8 Å². The van der Waals surface area contributed by atoms with E-state index in [0.29, 0.717) is 23.1 Å². The van der Waals surface area contributed by atoms with Crippen LogP contribution in [0.4, 0.5) is 5.69 Å². The Morgan fingerprint density at radius 1 is 1.00 bits per heavy atom. The Bertz CT molecular complexity index is 845. The second-order valence-electron chi connectivity index (χ2n) is 7.81. The number of fused-ring (bicyclic) bond motifs is 1. The fraction of sp³-hybridized carbons (Fsp3) is 0.500. The molecule has 0 bridgehead atoms. The zero-order valence-electron chi connectivity index (χ0n) is 15.6. The molecule has 0 aromatic heterocycles. The number of amides is 4. The average molecular weight is 384 g/mol. The van der Waals surface area contributed by atoms with Crippen molar-refractivity contribution in [2.24, 2.45) is 11.7 Å². The highest BCUT2D eigenvalue weighted by Crippen LogP contribution is 2.31. The molecule has 0 radical (unpaired) electrons. The van der Waals surface area contributed by atoms with Gasteiger partial charge in [-0.25, -0.2) is 0 Å². The number of carbonyl (C=O) groups is 4. The summed E-state index contributed by atoms with van der Waals surface area (Å²) in [6.45, 7) is 0.721. The third kappa shape index (κ3) is 3.28. The highest BCUT2D eigenvalue weighted by molar-refractivity contribution is 6.23. The number of rotatable bonds is 4. The summed E-state index contributed by atoms with van der Waals surface area (Å²) in [7, 11) is 0. The van der Waals surface area contributed by atoms with E-state index in [4.69, 9.17) is 5.73 Å². The van der Waals surface area contributed by atoms with Gasteiger partial charge in [0.2, 0.25) is 11.8 Å². The van der Waals surface area contributed by atoms with Crippen molar-refractivity contribution in [1.82, 2.24) is 10.2 Å². The van der Waals surface area contributed by atoms with E-state index in [0.717, 1.165) is 42.8 Å². The van der Waals surface area contributed by atoms with E-state index in [1.807, 2.05) is 0 Å². The zero-order chi connectivity index (χ0) is 19.8. The minimum absolute atomic E-state index is 0.113. The van der Waals surface area contributed by atoms with E-state index < -0.39 is 23.8 Å². The van der Waals surface area contributed by atoms with Gasteiger partial charge in [-0.3, -0.25) is 29.4 Å². The Labute approximate surface area is 162 Å². The molecular formula is C20H24N4O4. The van der Waals surface area contributed by atoms with Gasteiger partial charge < -0.3 is 11.1 Å². The molecule has 1 aromatic carbocycles. The second-order valence-corrected chi connectivity index (χ2v) is 7.81. The molecule has 28 heavy (non-hydrogen) atoms. The fourth-order valence-corrected chi connectivity index (χ4v) is 4.34. The number of imide groups is 2. The Kier molecular flexibility index (Phi) is 4.89. The topological polar surface area (TPSA) is 122 Å². The number of hydrogen-bond donors (Lipinski definition) is 3. The Morgan fingerprint density at radius 3 is 2.39 bits per heavy atom. The lowest BCUT2D eigenvalue weighted by molar-refractivity contribution is -0.136. The summed E-state index contributed by atoms with van der Waals surface area (Å²) in [6.07, 6.45) is 4.48. The maximum Gasteiger partial charge on any atom is 0.262 e. The smallest absolute Gasteiger partial charge is 0.262 e. The number of carbonyl (C=O) groups excluding carboxylic acids is 4. The highest BCUT2D eigenvalue weighted by Gasteiger charge is 2.44. The van der Waals surface area contributed by atoms with E-state index in [1.165, 1.54) is 0 Å². The lowest BCUT2D eigenvalue weighted by Gasteiger charge is -2.29. The van der Waals surface area contributed by atoms with Gasteiger partial charge >= 0.3 is 0 Å². The van der Waals surface area contributed by atoms with Crippen LogP contribution in [-0.4, -0.2) is 47.2 Å². The summed E-state index contributed by atoms with van der Waals surface area (Å²) >= 11 is 0. The molecule has 1 atom stereocenters. The van der Waals surface area contributed by atoms with Crippen LogP contribution < -0.4 is 16.4 Å². The van der Waals surface area contributed by atoms with Crippen LogP contribution >= 0.6 is 0 Å². The molecule has 1 saturated carbocycles. The van der Waals surface area contributed by atoms with Crippen LogP contribution in [-0.2, 0) is 9.59 Å². The van der Waals surface area contributed by atoms with Crippen molar-refractivity contribution in [1.29, 1.82) is 0 Å². The fourth-order valence-electron chi connectivity index (χ4n) is 4.34. The van der Waals surface area contributed by atoms with Gasteiger partial charge in [-0.1, -0.05) is 0 Å². The summed E-state index contributed by atoms with van der Waals surface area (Å²) in [5.41, 5.74) is 7.13. The average Bonchev–Trinajstić information content (AvgIpc) is 2.93. The number of piperidine rings is 1. The minimum Gasteiger partial charge on any atom is -0.382 e. The van der Waals surface area contributed by atoms with Crippen molar-refractivity contribution in [3.05, 3.63) is 29.3 Å². The largest absolute Gasteiger partial charge is 0.382 e. The first-order valence-electron chi connectivity index (χ1n) is 9.80. The third-order valence-corrected chi connectivity index (χ3v) is 5.99. The van der Waals surface area contributed by atoms with Crippen LogP contribution in [0.1, 0.15) is 59.2 Å². The Hall–Kier alpha value is -2.74. The third-order valence-electron chi connectivity index (χ3n) is 5.99. The standard InChI is InChI=1S/C20H24N4O4/c21-10-11-1-3-12(4-2-11)22-13-5-6-14-15(9-13)20(28)24(19(14)27)16-7-8-17(25)23-18(16)26/h5-6,9,11-12,16,22H,1-4,7-8,10,21H2,(H,23,25,26). The first-order valence-corrected chi connectivity index (χ1v) is 9.80. The minimum atomic E-state index is -0.937. The van der Waals surface area contributed by atoms with Gasteiger partial charge in [0.25, 0.3) is 11.8 Å². The second kappa shape index (κ2) is 7.35. The molecule has 1 aliphatic carbocycles. The van der Waals surface area contributed by atoms with E-state index in [1.54, 1.807) is 18.2 Å². The zero-order valence-corrected chi connectivity index (χ0v) is 15.6. The first kappa shape index (κ1) is 18.6. The molecule has 2 heterocycles. The van der Waals surface area contributed by atoms with Crippen LogP contribution in [0, 0.1) is 5.92 Å². The molecule has 1 aromatic rings. The molecule has 148 valence electrons. The van der Waals surface area contributed by atoms with Crippen LogP contribution in [0.15, 0.2) is 18.2 Å². The number of nitrogens with one attached hydrogen (secondary N) is 2. The monoisotopic (exact) mass is 384 g/mol. The number of benzene rings is 1. The molecule has 2 fully saturated rings. The Balaban J connectivity index is 1.50. The van der Waals surface area contributed by atoms with Crippen molar-refractivity contribution >= 4 is 29.3 Å². The molecule has 1 saturated heterocycles. The van der Waals surface area contributed by atoms with Gasteiger partial charge in [-0.2, -0.15) is 0 Å². The molecule has 3 aliphatic rings. The number of nitrogens with zero attached hydrogens (tertiary/aromatic N) is 1. The molecular weight excluding hydrogens is 360 g/mol. The van der Waals surface area contributed by atoms with Crippen LogP contribution in [0.2, 0.25) is 0 Å². The quantitative estimate of drug-likeness (QED) is 0.666. The van der Waals surface area contributed by atoms with Crippen molar-refractivity contribution in [2.75, 3.05) is 11.9 Å². The Morgan fingerprint density at radius 2 is 1.71 bits per heavy atom. The van der Waals surface area contributed by atoms with Crippen molar-refractivity contribution in [3.8, 4) is 0 Å². The number of hydrogen-bond acceptors (Lipinski definition) is 6. The van der Waals surface area contributed by atoms with Gasteiger partial charge in [0, 0.05) is 18.2 Å².